The minimum atomic E-state index is -3.38. The molecule has 2 N–H and O–H groups in total. The SMILES string of the molecule is CCCN(CCC)C(=O)c1cc(N)cc(S(C)(=O)=O)c1. The van der Waals surface area contributed by atoms with Crippen molar-refractivity contribution < 1.29 is 13.2 Å². The van der Waals surface area contributed by atoms with E-state index in [4.69, 9.17) is 5.73 Å². The summed E-state index contributed by atoms with van der Waals surface area (Å²) in [5.41, 5.74) is 6.31. The molecule has 112 valence electrons. The van der Waals surface area contributed by atoms with Crippen LogP contribution in [0.4, 0.5) is 5.69 Å². The number of anilines is 1. The lowest BCUT2D eigenvalue weighted by molar-refractivity contribution is 0.0755. The molecule has 0 unspecified atom stereocenters. The minimum Gasteiger partial charge on any atom is -0.399 e. The molecule has 0 aromatic heterocycles. The summed E-state index contributed by atoms with van der Waals surface area (Å²) in [6.45, 7) is 5.29. The van der Waals surface area contributed by atoms with E-state index in [2.05, 4.69) is 0 Å². The number of nitrogens with two attached hydrogens (primary N) is 1. The zero-order valence-electron chi connectivity index (χ0n) is 12.2. The zero-order chi connectivity index (χ0) is 15.3. The highest BCUT2D eigenvalue weighted by molar-refractivity contribution is 7.90. The highest BCUT2D eigenvalue weighted by atomic mass is 32.2. The Labute approximate surface area is 120 Å². The standard InChI is InChI=1S/C14H22N2O3S/c1-4-6-16(7-5-2)14(17)11-8-12(15)10-13(9-11)20(3,18)19/h8-10H,4-7,15H2,1-3H3. The van der Waals surface area contributed by atoms with Gasteiger partial charge < -0.3 is 10.6 Å². The molecule has 0 heterocycles. The molecule has 1 aromatic rings. The third-order valence-electron chi connectivity index (χ3n) is 2.88. The van der Waals surface area contributed by atoms with Crippen LogP contribution in [0.1, 0.15) is 37.0 Å². The molecule has 0 atom stereocenters. The average Bonchev–Trinajstić information content (AvgIpc) is 2.36. The quantitative estimate of drug-likeness (QED) is 0.814. The minimum absolute atomic E-state index is 0.0776. The van der Waals surface area contributed by atoms with Crippen LogP contribution >= 0.6 is 0 Å². The van der Waals surface area contributed by atoms with E-state index in [1.165, 1.54) is 18.2 Å². The van der Waals surface area contributed by atoms with E-state index in [1.807, 2.05) is 13.8 Å². The third-order valence-corrected chi connectivity index (χ3v) is 3.97. The van der Waals surface area contributed by atoms with E-state index in [0.29, 0.717) is 18.7 Å². The average molecular weight is 298 g/mol. The molecule has 6 heteroatoms. The lowest BCUT2D eigenvalue weighted by atomic mass is 10.1. The van der Waals surface area contributed by atoms with Crippen LogP contribution in [0.3, 0.4) is 0 Å². The van der Waals surface area contributed by atoms with Gasteiger partial charge in [-0.1, -0.05) is 13.8 Å². The predicted molar refractivity (Wildman–Crippen MR) is 80.4 cm³/mol. The molecule has 0 aliphatic heterocycles. The molecule has 0 bridgehead atoms. The number of carbonyl (C=O) groups excluding carboxylic acids is 1. The Bertz CT molecular complexity index is 576. The fourth-order valence-electron chi connectivity index (χ4n) is 2.00. The zero-order valence-corrected chi connectivity index (χ0v) is 13.0. The van der Waals surface area contributed by atoms with Crippen molar-refractivity contribution in [2.75, 3.05) is 25.1 Å². The summed E-state index contributed by atoms with van der Waals surface area (Å²) in [5, 5.41) is 0. The number of rotatable bonds is 6. The van der Waals surface area contributed by atoms with E-state index in [0.717, 1.165) is 19.1 Å². The van der Waals surface area contributed by atoms with Crippen LogP contribution in [0.5, 0.6) is 0 Å². The lowest BCUT2D eigenvalue weighted by Gasteiger charge is -2.22. The Balaban J connectivity index is 3.18. The van der Waals surface area contributed by atoms with Gasteiger partial charge in [0.25, 0.3) is 5.91 Å². The molecular weight excluding hydrogens is 276 g/mol. The molecule has 0 saturated heterocycles. The fraction of sp³-hybridized carbons (Fsp3) is 0.500. The van der Waals surface area contributed by atoms with Gasteiger partial charge in [0.2, 0.25) is 0 Å². The second-order valence-electron chi connectivity index (χ2n) is 4.86. The molecule has 0 radical (unpaired) electrons. The van der Waals surface area contributed by atoms with Crippen LogP contribution in [0, 0.1) is 0 Å². The van der Waals surface area contributed by atoms with Crippen molar-refractivity contribution in [2.24, 2.45) is 0 Å². The van der Waals surface area contributed by atoms with Crippen molar-refractivity contribution in [3.63, 3.8) is 0 Å². The number of nitrogen functional groups attached to an aromatic ring is 1. The molecular formula is C14H22N2O3S. The van der Waals surface area contributed by atoms with Crippen LogP contribution in [-0.2, 0) is 9.84 Å². The molecule has 20 heavy (non-hydrogen) atoms. The monoisotopic (exact) mass is 298 g/mol. The highest BCUT2D eigenvalue weighted by Gasteiger charge is 2.17. The van der Waals surface area contributed by atoms with E-state index >= 15 is 0 Å². The Hall–Kier alpha value is -1.56. The van der Waals surface area contributed by atoms with E-state index < -0.39 is 9.84 Å². The first-order valence-corrected chi connectivity index (χ1v) is 8.58. The molecule has 0 spiro atoms. The maximum Gasteiger partial charge on any atom is 0.253 e. The maximum atomic E-state index is 12.4. The lowest BCUT2D eigenvalue weighted by Crippen LogP contribution is -2.32. The van der Waals surface area contributed by atoms with Crippen LogP contribution < -0.4 is 5.73 Å². The molecule has 1 aromatic carbocycles. The first kappa shape index (κ1) is 16.5. The second-order valence-corrected chi connectivity index (χ2v) is 6.87. The van der Waals surface area contributed by atoms with Crippen LogP contribution in [-0.4, -0.2) is 38.6 Å². The van der Waals surface area contributed by atoms with Gasteiger partial charge in [0.05, 0.1) is 4.90 Å². The molecule has 0 aliphatic rings. The normalized spacial score (nSPS) is 11.3. The van der Waals surface area contributed by atoms with Crippen molar-refractivity contribution in [3.05, 3.63) is 23.8 Å². The molecule has 1 rings (SSSR count). The van der Waals surface area contributed by atoms with Gasteiger partial charge in [0.1, 0.15) is 0 Å². The van der Waals surface area contributed by atoms with E-state index in [1.54, 1.807) is 4.90 Å². The molecule has 0 fully saturated rings. The van der Waals surface area contributed by atoms with Gasteiger partial charge >= 0.3 is 0 Å². The van der Waals surface area contributed by atoms with Gasteiger partial charge in [0, 0.05) is 30.6 Å². The second kappa shape index (κ2) is 6.74. The first-order chi connectivity index (χ1) is 9.29. The van der Waals surface area contributed by atoms with Crippen LogP contribution in [0.2, 0.25) is 0 Å². The van der Waals surface area contributed by atoms with Crippen LogP contribution in [0.15, 0.2) is 23.1 Å². The highest BCUT2D eigenvalue weighted by Crippen LogP contribution is 2.18. The summed E-state index contributed by atoms with van der Waals surface area (Å²) in [6.07, 6.45) is 2.81. The predicted octanol–water partition coefficient (Wildman–Crippen LogP) is 1.93. The summed E-state index contributed by atoms with van der Waals surface area (Å²) >= 11 is 0. The van der Waals surface area contributed by atoms with Gasteiger partial charge in [-0.25, -0.2) is 8.42 Å². The topological polar surface area (TPSA) is 80.5 Å². The summed E-state index contributed by atoms with van der Waals surface area (Å²) in [5.74, 6) is -0.175. The van der Waals surface area contributed by atoms with Crippen LogP contribution in [0.25, 0.3) is 0 Å². The number of nitrogens with zero attached hydrogens (tertiary/aromatic N) is 1. The smallest absolute Gasteiger partial charge is 0.253 e. The van der Waals surface area contributed by atoms with E-state index in [-0.39, 0.29) is 16.5 Å². The molecule has 0 aliphatic carbocycles. The van der Waals surface area contributed by atoms with Gasteiger partial charge in [-0.3, -0.25) is 4.79 Å². The number of sulfone groups is 1. The molecule has 0 saturated carbocycles. The number of hydrogen-bond acceptors (Lipinski definition) is 4. The summed E-state index contributed by atoms with van der Waals surface area (Å²) in [7, 11) is -3.38. The fourth-order valence-corrected chi connectivity index (χ4v) is 2.69. The van der Waals surface area contributed by atoms with Crippen molar-refractivity contribution in [1.29, 1.82) is 0 Å². The summed E-state index contributed by atoms with van der Waals surface area (Å²) < 4.78 is 23.2. The number of amides is 1. The Morgan fingerprint density at radius 1 is 1.15 bits per heavy atom. The van der Waals surface area contributed by atoms with Crippen molar-refractivity contribution in [1.82, 2.24) is 4.90 Å². The molecule has 5 nitrogen and oxygen atoms in total. The summed E-state index contributed by atoms with van der Waals surface area (Å²) in [4.78, 5) is 14.2. The van der Waals surface area contributed by atoms with Crippen molar-refractivity contribution >= 4 is 21.4 Å². The van der Waals surface area contributed by atoms with E-state index in [9.17, 15) is 13.2 Å². The van der Waals surface area contributed by atoms with Crippen molar-refractivity contribution in [2.45, 2.75) is 31.6 Å². The Kier molecular flexibility index (Phi) is 5.56. The first-order valence-electron chi connectivity index (χ1n) is 6.69. The Morgan fingerprint density at radius 3 is 2.15 bits per heavy atom. The van der Waals surface area contributed by atoms with Gasteiger partial charge in [0.15, 0.2) is 9.84 Å². The van der Waals surface area contributed by atoms with Gasteiger partial charge in [-0.05, 0) is 31.0 Å². The number of hydrogen-bond donors (Lipinski definition) is 1. The third kappa shape index (κ3) is 4.23. The van der Waals surface area contributed by atoms with Crippen molar-refractivity contribution in [3.8, 4) is 0 Å². The van der Waals surface area contributed by atoms with Gasteiger partial charge in [-0.15, -0.1) is 0 Å². The maximum absolute atomic E-state index is 12.4. The number of benzene rings is 1. The number of carbonyl (C=O) groups is 1. The molecule has 1 amide bonds. The summed E-state index contributed by atoms with van der Waals surface area (Å²) in [6, 6.07) is 4.29. The largest absolute Gasteiger partial charge is 0.399 e. The van der Waals surface area contributed by atoms with Gasteiger partial charge in [-0.2, -0.15) is 0 Å². The Morgan fingerprint density at radius 2 is 1.70 bits per heavy atom.